The molecule has 4 atom stereocenters. The van der Waals surface area contributed by atoms with Gasteiger partial charge in [-0.3, -0.25) is 14.4 Å². The van der Waals surface area contributed by atoms with Gasteiger partial charge < -0.3 is 28.2 Å². The number of ether oxygens (including phenoxy) is 5. The minimum atomic E-state index is -6.09. The van der Waals surface area contributed by atoms with E-state index in [1.807, 2.05) is 0 Å². The van der Waals surface area contributed by atoms with Gasteiger partial charge in [0, 0.05) is 26.8 Å². The molecule has 0 N–H and O–H groups in total. The lowest BCUT2D eigenvalue weighted by atomic mass is 10.1. The molecule has 17 heteroatoms. The fourth-order valence-electron chi connectivity index (χ4n) is 2.92. The van der Waals surface area contributed by atoms with Crippen LogP contribution in [0.25, 0.3) is 0 Å². The van der Waals surface area contributed by atoms with Crippen LogP contribution in [0.15, 0.2) is 24.5 Å². The molecule has 0 bridgehead atoms. The van der Waals surface area contributed by atoms with E-state index in [1.54, 1.807) is 25.3 Å². The zero-order chi connectivity index (χ0) is 28.6. The summed E-state index contributed by atoms with van der Waals surface area (Å²) in [6, 6.07) is 3.16. The molecule has 0 aliphatic carbocycles. The first-order valence-corrected chi connectivity index (χ1v) is 11.7. The summed E-state index contributed by atoms with van der Waals surface area (Å²) < 4.78 is 86.9. The number of alkyl halides is 3. The van der Waals surface area contributed by atoms with Crippen LogP contribution in [0.4, 0.5) is 13.2 Å². The first-order valence-electron chi connectivity index (χ1n) is 10.3. The van der Waals surface area contributed by atoms with E-state index in [9.17, 15) is 32.3 Å². The lowest BCUT2D eigenvalue weighted by Crippen LogP contribution is -2.48. The van der Waals surface area contributed by atoms with Crippen molar-refractivity contribution in [3.8, 4) is 0 Å². The van der Waals surface area contributed by atoms with E-state index < -0.39 is 64.0 Å². The summed E-state index contributed by atoms with van der Waals surface area (Å²) >= 11 is 0. The first kappa shape index (κ1) is 31.7. The third kappa shape index (κ3) is 9.93. The van der Waals surface area contributed by atoms with Gasteiger partial charge in [-0.2, -0.15) is 17.7 Å². The van der Waals surface area contributed by atoms with Crippen molar-refractivity contribution in [1.29, 1.82) is 0 Å². The molecular weight excluding hydrogens is 535 g/mol. The van der Waals surface area contributed by atoms with Gasteiger partial charge in [0.05, 0.1) is 6.61 Å². The van der Waals surface area contributed by atoms with Gasteiger partial charge in [0.25, 0.3) is 0 Å². The fraction of sp³-hybridized carbons (Fsp3) is 0.550. The summed E-state index contributed by atoms with van der Waals surface area (Å²) in [5.41, 5.74) is -5.39. The van der Waals surface area contributed by atoms with Crippen molar-refractivity contribution >= 4 is 34.0 Å². The van der Waals surface area contributed by atoms with Gasteiger partial charge in [-0.05, 0) is 13.0 Å². The van der Waals surface area contributed by atoms with E-state index in [0.717, 1.165) is 0 Å². The zero-order valence-electron chi connectivity index (χ0n) is 19.9. The highest BCUT2D eigenvalue weighted by molar-refractivity contribution is 7.86. The Kier molecular flexibility index (Phi) is 11.4. The minimum Gasteiger partial charge on any atom is -0.741 e. The van der Waals surface area contributed by atoms with Crippen molar-refractivity contribution in [2.45, 2.75) is 57.7 Å². The van der Waals surface area contributed by atoms with E-state index in [4.69, 9.17) is 36.7 Å². The standard InChI is InChI=1S/C19H24NO9.CHF3O3S/c1-5-25-19(24)14-7-6-8-20(9-14)18-17(28-13(4)23)16(27-12(3)22)15(29-18)10-26-11(2)21;2-1(3,4)8(5,6)7/h6-9,15-18H,5,10H2,1-4H3;(H,5,6,7)/q+1;/p-1. The molecule has 37 heavy (non-hydrogen) atoms. The second-order valence-corrected chi connectivity index (χ2v) is 8.55. The predicted molar refractivity (Wildman–Crippen MR) is 110 cm³/mol. The van der Waals surface area contributed by atoms with Crippen molar-refractivity contribution in [2.75, 3.05) is 13.2 Å². The van der Waals surface area contributed by atoms with Crippen LogP contribution in [-0.2, 0) is 48.2 Å². The Morgan fingerprint density at radius 1 is 1.03 bits per heavy atom. The maximum absolute atomic E-state index is 12.0. The second-order valence-electron chi connectivity index (χ2n) is 7.18. The SMILES string of the molecule is CCOC(=O)c1ccc[n+](C2OC(COC(C)=O)C(OC(C)=O)C2OC(C)=O)c1.O=S(=O)([O-])C(F)(F)F. The van der Waals surface area contributed by atoms with Gasteiger partial charge in [0.1, 0.15) is 18.3 Å². The molecule has 1 saturated heterocycles. The number of esters is 4. The van der Waals surface area contributed by atoms with Crippen molar-refractivity contribution in [1.82, 2.24) is 0 Å². The van der Waals surface area contributed by atoms with Gasteiger partial charge in [-0.25, -0.2) is 13.2 Å². The minimum absolute atomic E-state index is 0.209. The molecule has 1 aliphatic rings. The van der Waals surface area contributed by atoms with Crippen LogP contribution in [0.3, 0.4) is 0 Å². The summed E-state index contributed by atoms with van der Waals surface area (Å²) in [6.07, 6.45) is -0.783. The molecule has 2 rings (SSSR count). The van der Waals surface area contributed by atoms with Gasteiger partial charge in [0.15, 0.2) is 28.6 Å². The molecule has 4 unspecified atom stereocenters. The first-order chi connectivity index (χ1) is 17.0. The second kappa shape index (κ2) is 13.3. The quantitative estimate of drug-likeness (QED) is 0.149. The van der Waals surface area contributed by atoms with E-state index in [-0.39, 0.29) is 18.8 Å². The molecule has 0 spiro atoms. The Bertz CT molecular complexity index is 1090. The van der Waals surface area contributed by atoms with Gasteiger partial charge in [0.2, 0.25) is 6.10 Å². The number of carbonyl (C=O) groups is 4. The molecule has 1 fully saturated rings. The molecular formula is C20H24F3NO12S. The van der Waals surface area contributed by atoms with Crippen molar-refractivity contribution in [3.05, 3.63) is 30.1 Å². The number of pyridine rings is 1. The Morgan fingerprint density at radius 3 is 2.03 bits per heavy atom. The molecule has 1 aromatic rings. The smallest absolute Gasteiger partial charge is 0.485 e. The monoisotopic (exact) mass is 559 g/mol. The van der Waals surface area contributed by atoms with E-state index in [1.165, 1.54) is 31.5 Å². The van der Waals surface area contributed by atoms with E-state index in [0.29, 0.717) is 0 Å². The molecule has 0 radical (unpaired) electrons. The largest absolute Gasteiger partial charge is 0.741 e. The average molecular weight is 559 g/mol. The Balaban J connectivity index is 0.000000738. The normalized spacial score (nSPS) is 21.2. The van der Waals surface area contributed by atoms with Crippen LogP contribution < -0.4 is 4.57 Å². The fourth-order valence-corrected chi connectivity index (χ4v) is 2.92. The Hall–Kier alpha value is -3.31. The molecule has 13 nitrogen and oxygen atoms in total. The van der Waals surface area contributed by atoms with Crippen LogP contribution in [0.2, 0.25) is 0 Å². The maximum atomic E-state index is 12.0. The number of nitrogens with zero attached hydrogens (tertiary/aromatic N) is 1. The molecule has 1 aromatic heterocycles. The molecule has 2 heterocycles. The summed E-state index contributed by atoms with van der Waals surface area (Å²) in [6.45, 7) is 5.34. The van der Waals surface area contributed by atoms with Gasteiger partial charge >= 0.3 is 35.6 Å². The molecule has 0 amide bonds. The number of rotatable bonds is 7. The van der Waals surface area contributed by atoms with Gasteiger partial charge in [-0.1, -0.05) is 0 Å². The van der Waals surface area contributed by atoms with Crippen LogP contribution in [-0.4, -0.2) is 73.9 Å². The van der Waals surface area contributed by atoms with Crippen LogP contribution in [0.1, 0.15) is 44.3 Å². The predicted octanol–water partition coefficient (Wildman–Crippen LogP) is 0.526. The molecule has 208 valence electrons. The number of hydrogen-bond acceptors (Lipinski definition) is 12. The number of carbonyl (C=O) groups excluding carboxylic acids is 4. The average Bonchev–Trinajstić information content (AvgIpc) is 3.07. The van der Waals surface area contributed by atoms with Crippen LogP contribution in [0, 0.1) is 0 Å². The number of halogens is 3. The third-order valence-electron chi connectivity index (χ3n) is 4.25. The molecule has 0 aromatic carbocycles. The molecule has 1 aliphatic heterocycles. The number of hydrogen-bond donors (Lipinski definition) is 0. The zero-order valence-corrected chi connectivity index (χ0v) is 20.7. The van der Waals surface area contributed by atoms with E-state index >= 15 is 0 Å². The maximum Gasteiger partial charge on any atom is 0.485 e. The Morgan fingerprint density at radius 2 is 1.57 bits per heavy atom. The summed E-state index contributed by atoms with van der Waals surface area (Å²) in [5.74, 6) is -2.30. The third-order valence-corrected chi connectivity index (χ3v) is 4.82. The highest BCUT2D eigenvalue weighted by Gasteiger charge is 2.54. The lowest BCUT2D eigenvalue weighted by molar-refractivity contribution is -0.765. The molecule has 0 saturated carbocycles. The van der Waals surface area contributed by atoms with E-state index in [2.05, 4.69) is 0 Å². The van der Waals surface area contributed by atoms with Crippen molar-refractivity contribution in [3.63, 3.8) is 0 Å². The topological polar surface area (TPSA) is 176 Å². The highest BCUT2D eigenvalue weighted by atomic mass is 32.2. The van der Waals surface area contributed by atoms with Crippen LogP contribution >= 0.6 is 0 Å². The summed E-state index contributed by atoms with van der Waals surface area (Å²) in [7, 11) is -6.09. The summed E-state index contributed by atoms with van der Waals surface area (Å²) in [4.78, 5) is 46.5. The number of aromatic nitrogens is 1. The Labute approximate surface area is 209 Å². The van der Waals surface area contributed by atoms with Crippen molar-refractivity contribution in [2.24, 2.45) is 0 Å². The van der Waals surface area contributed by atoms with Crippen molar-refractivity contribution < 1.29 is 73.6 Å². The highest BCUT2D eigenvalue weighted by Crippen LogP contribution is 2.31. The summed E-state index contributed by atoms with van der Waals surface area (Å²) in [5, 5.41) is 0. The lowest BCUT2D eigenvalue weighted by Gasteiger charge is -2.21. The van der Waals surface area contributed by atoms with Crippen LogP contribution in [0.5, 0.6) is 0 Å². The van der Waals surface area contributed by atoms with Gasteiger partial charge in [-0.15, -0.1) is 0 Å².